The molecule has 0 aliphatic rings. The van der Waals surface area contributed by atoms with Crippen LogP contribution in [0.15, 0.2) is 63.9 Å². The summed E-state index contributed by atoms with van der Waals surface area (Å²) in [5.41, 5.74) is 0.726. The van der Waals surface area contributed by atoms with E-state index in [-0.39, 0.29) is 23.6 Å². The van der Waals surface area contributed by atoms with E-state index in [0.717, 1.165) is 0 Å². The Morgan fingerprint density at radius 2 is 2.04 bits per heavy atom. The molecule has 0 aliphatic heterocycles. The number of benzene rings is 1. The third-order valence-corrected chi connectivity index (χ3v) is 3.79. The number of anilines is 1. The number of carbonyl (C=O) groups is 1. The second kappa shape index (κ2) is 7.06. The minimum Gasteiger partial charge on any atom is -0.454 e. The van der Waals surface area contributed by atoms with Crippen molar-refractivity contribution in [1.29, 1.82) is 0 Å². The van der Waals surface area contributed by atoms with Crippen LogP contribution < -0.4 is 10.9 Å². The van der Waals surface area contributed by atoms with Crippen molar-refractivity contribution in [3.63, 3.8) is 0 Å². The standard InChI is InChI=1S/C18H15N3O5/c1-12-5-6-13(21(24)25)10-15(12)19-18(23)16-8-7-14(26-16)11-20-9-3-2-4-17(20)22/h2-10H,11H2,1H3,(H,19,23). The van der Waals surface area contributed by atoms with Gasteiger partial charge in [0.1, 0.15) is 5.76 Å². The van der Waals surface area contributed by atoms with Gasteiger partial charge >= 0.3 is 0 Å². The van der Waals surface area contributed by atoms with Crippen LogP contribution in [0.5, 0.6) is 0 Å². The van der Waals surface area contributed by atoms with Crippen molar-refractivity contribution < 1.29 is 14.1 Å². The SMILES string of the molecule is Cc1ccc([N+](=O)[O-])cc1NC(=O)c1ccc(Cn2ccccc2=O)o1. The quantitative estimate of drug-likeness (QED) is 0.560. The molecule has 0 spiro atoms. The lowest BCUT2D eigenvalue weighted by Gasteiger charge is -2.07. The van der Waals surface area contributed by atoms with Gasteiger partial charge in [-0.15, -0.1) is 0 Å². The number of rotatable bonds is 5. The Morgan fingerprint density at radius 3 is 2.77 bits per heavy atom. The van der Waals surface area contributed by atoms with E-state index in [1.165, 1.54) is 28.8 Å². The summed E-state index contributed by atoms with van der Waals surface area (Å²) in [7, 11) is 0. The molecule has 132 valence electrons. The van der Waals surface area contributed by atoms with Crippen molar-refractivity contribution in [2.75, 3.05) is 5.32 Å². The van der Waals surface area contributed by atoms with Gasteiger partial charge in [-0.2, -0.15) is 0 Å². The Bertz CT molecular complexity index is 1040. The van der Waals surface area contributed by atoms with Gasteiger partial charge < -0.3 is 14.3 Å². The zero-order valence-corrected chi connectivity index (χ0v) is 13.8. The Hall–Kier alpha value is -3.68. The molecule has 2 heterocycles. The lowest BCUT2D eigenvalue weighted by Crippen LogP contribution is -2.18. The summed E-state index contributed by atoms with van der Waals surface area (Å²) in [6.07, 6.45) is 1.62. The summed E-state index contributed by atoms with van der Waals surface area (Å²) in [6, 6.07) is 12.1. The number of nitrogens with zero attached hydrogens (tertiary/aromatic N) is 2. The van der Waals surface area contributed by atoms with E-state index in [4.69, 9.17) is 4.42 Å². The average Bonchev–Trinajstić information content (AvgIpc) is 3.07. The van der Waals surface area contributed by atoms with E-state index >= 15 is 0 Å². The molecule has 1 aromatic carbocycles. The van der Waals surface area contributed by atoms with E-state index < -0.39 is 10.8 Å². The molecular formula is C18H15N3O5. The molecule has 0 unspecified atom stereocenters. The fourth-order valence-corrected chi connectivity index (χ4v) is 2.39. The fourth-order valence-electron chi connectivity index (χ4n) is 2.39. The van der Waals surface area contributed by atoms with Crippen LogP contribution in [-0.4, -0.2) is 15.4 Å². The number of nitrogens with one attached hydrogen (secondary N) is 1. The molecule has 2 aromatic heterocycles. The number of amides is 1. The Kier molecular flexibility index (Phi) is 4.66. The van der Waals surface area contributed by atoms with Crippen LogP contribution >= 0.6 is 0 Å². The fraction of sp³-hybridized carbons (Fsp3) is 0.111. The van der Waals surface area contributed by atoms with Crippen LogP contribution in [-0.2, 0) is 6.54 Å². The Labute approximate surface area is 147 Å². The molecule has 0 radical (unpaired) electrons. The number of aryl methyl sites for hydroxylation is 1. The monoisotopic (exact) mass is 353 g/mol. The topological polar surface area (TPSA) is 107 Å². The van der Waals surface area contributed by atoms with Gasteiger partial charge in [0.05, 0.1) is 17.2 Å². The molecule has 0 saturated carbocycles. The highest BCUT2D eigenvalue weighted by Crippen LogP contribution is 2.22. The van der Waals surface area contributed by atoms with E-state index in [1.54, 1.807) is 37.4 Å². The Balaban J connectivity index is 1.77. The number of nitro benzene ring substituents is 1. The first kappa shape index (κ1) is 17.2. The first-order valence-corrected chi connectivity index (χ1v) is 7.74. The maximum absolute atomic E-state index is 12.3. The average molecular weight is 353 g/mol. The van der Waals surface area contributed by atoms with E-state index in [0.29, 0.717) is 17.0 Å². The van der Waals surface area contributed by atoms with Gasteiger partial charge in [0.25, 0.3) is 17.2 Å². The predicted molar refractivity (Wildman–Crippen MR) is 94.3 cm³/mol. The van der Waals surface area contributed by atoms with Crippen molar-refractivity contribution in [3.8, 4) is 0 Å². The molecular weight excluding hydrogens is 338 g/mol. The molecule has 0 saturated heterocycles. The number of furan rings is 1. The van der Waals surface area contributed by atoms with Gasteiger partial charge in [0.15, 0.2) is 5.76 Å². The molecule has 0 fully saturated rings. The molecule has 3 aromatic rings. The Morgan fingerprint density at radius 1 is 1.23 bits per heavy atom. The first-order chi connectivity index (χ1) is 12.4. The molecule has 0 bridgehead atoms. The van der Waals surface area contributed by atoms with Crippen LogP contribution in [0.1, 0.15) is 21.9 Å². The second-order valence-corrected chi connectivity index (χ2v) is 5.64. The molecule has 0 aliphatic carbocycles. The van der Waals surface area contributed by atoms with Gasteiger partial charge in [0, 0.05) is 24.4 Å². The summed E-state index contributed by atoms with van der Waals surface area (Å²) in [6.45, 7) is 1.93. The van der Waals surface area contributed by atoms with Gasteiger partial charge in [-0.3, -0.25) is 19.7 Å². The zero-order valence-electron chi connectivity index (χ0n) is 13.8. The van der Waals surface area contributed by atoms with Gasteiger partial charge in [-0.25, -0.2) is 0 Å². The molecule has 26 heavy (non-hydrogen) atoms. The van der Waals surface area contributed by atoms with Crippen molar-refractivity contribution in [2.45, 2.75) is 13.5 Å². The highest BCUT2D eigenvalue weighted by Gasteiger charge is 2.15. The molecule has 0 atom stereocenters. The molecule has 3 rings (SSSR count). The maximum Gasteiger partial charge on any atom is 0.291 e. The number of carbonyl (C=O) groups excluding carboxylic acids is 1. The van der Waals surface area contributed by atoms with E-state index in [1.807, 2.05) is 0 Å². The largest absolute Gasteiger partial charge is 0.454 e. The van der Waals surface area contributed by atoms with Crippen molar-refractivity contribution in [2.24, 2.45) is 0 Å². The van der Waals surface area contributed by atoms with E-state index in [9.17, 15) is 19.7 Å². The normalized spacial score (nSPS) is 10.5. The lowest BCUT2D eigenvalue weighted by molar-refractivity contribution is -0.384. The number of hydrogen-bond acceptors (Lipinski definition) is 5. The molecule has 1 amide bonds. The first-order valence-electron chi connectivity index (χ1n) is 7.74. The summed E-state index contributed by atoms with van der Waals surface area (Å²) in [5, 5.41) is 13.5. The third kappa shape index (κ3) is 3.69. The van der Waals surface area contributed by atoms with Crippen molar-refractivity contribution >= 4 is 17.3 Å². The number of pyridine rings is 1. The van der Waals surface area contributed by atoms with Gasteiger partial charge in [-0.05, 0) is 30.7 Å². The molecule has 8 heteroatoms. The number of hydrogen-bond donors (Lipinski definition) is 1. The maximum atomic E-state index is 12.3. The van der Waals surface area contributed by atoms with Crippen LogP contribution in [0.25, 0.3) is 0 Å². The minimum atomic E-state index is -0.530. The van der Waals surface area contributed by atoms with Gasteiger partial charge in [0.2, 0.25) is 0 Å². The summed E-state index contributed by atoms with van der Waals surface area (Å²) < 4.78 is 6.94. The lowest BCUT2D eigenvalue weighted by atomic mass is 10.2. The zero-order chi connectivity index (χ0) is 18.7. The van der Waals surface area contributed by atoms with Crippen LogP contribution in [0.4, 0.5) is 11.4 Å². The van der Waals surface area contributed by atoms with E-state index in [2.05, 4.69) is 5.32 Å². The van der Waals surface area contributed by atoms with Crippen LogP contribution in [0.2, 0.25) is 0 Å². The van der Waals surface area contributed by atoms with Crippen molar-refractivity contribution in [3.05, 3.63) is 92.3 Å². The summed E-state index contributed by atoms with van der Waals surface area (Å²) in [4.78, 5) is 34.4. The minimum absolute atomic E-state index is 0.0508. The smallest absolute Gasteiger partial charge is 0.291 e. The highest BCUT2D eigenvalue weighted by molar-refractivity contribution is 6.02. The highest BCUT2D eigenvalue weighted by atomic mass is 16.6. The number of nitro groups is 1. The summed E-state index contributed by atoms with van der Waals surface area (Å²) >= 11 is 0. The second-order valence-electron chi connectivity index (χ2n) is 5.64. The van der Waals surface area contributed by atoms with Gasteiger partial charge in [-0.1, -0.05) is 12.1 Å². The van der Waals surface area contributed by atoms with Crippen LogP contribution in [0, 0.1) is 17.0 Å². The predicted octanol–water partition coefficient (Wildman–Crippen LogP) is 2.96. The number of non-ortho nitro benzene ring substituents is 1. The third-order valence-electron chi connectivity index (χ3n) is 3.79. The van der Waals surface area contributed by atoms with Crippen molar-refractivity contribution in [1.82, 2.24) is 4.57 Å². The molecule has 1 N–H and O–H groups in total. The van der Waals surface area contributed by atoms with Crippen LogP contribution in [0.3, 0.4) is 0 Å². The molecule has 8 nitrogen and oxygen atoms in total. The summed E-state index contributed by atoms with van der Waals surface area (Å²) in [5.74, 6) is -0.0330. The number of aromatic nitrogens is 1.